The molecule has 1 unspecified atom stereocenters. The van der Waals surface area contributed by atoms with E-state index in [1.54, 1.807) is 0 Å². The standard InChI is InChI=1S/C16H12F2N2OS2/c17-11-3-1-4-12(18)15(11)20-16(21)19-14(10-6-8-22-9-10)13-5-2-7-23-13/h1-9,14H,(H2,19,20,21). The smallest absolute Gasteiger partial charge is 0.320 e. The van der Waals surface area contributed by atoms with Gasteiger partial charge >= 0.3 is 6.03 Å². The van der Waals surface area contributed by atoms with E-state index in [0.717, 1.165) is 22.6 Å². The van der Waals surface area contributed by atoms with Crippen molar-refractivity contribution in [2.24, 2.45) is 0 Å². The molecule has 23 heavy (non-hydrogen) atoms. The summed E-state index contributed by atoms with van der Waals surface area (Å²) in [6.07, 6.45) is 0. The van der Waals surface area contributed by atoms with Gasteiger partial charge in [0.15, 0.2) is 0 Å². The lowest BCUT2D eigenvalue weighted by atomic mass is 10.1. The molecule has 0 aliphatic heterocycles. The number of carbonyl (C=O) groups excluding carboxylic acids is 1. The second-order valence-corrected chi connectivity index (χ2v) is 6.46. The van der Waals surface area contributed by atoms with Gasteiger partial charge in [-0.2, -0.15) is 11.3 Å². The molecule has 0 aliphatic rings. The van der Waals surface area contributed by atoms with E-state index in [4.69, 9.17) is 0 Å². The van der Waals surface area contributed by atoms with Crippen LogP contribution in [0, 0.1) is 11.6 Å². The number of benzene rings is 1. The van der Waals surface area contributed by atoms with E-state index in [9.17, 15) is 13.6 Å². The maximum Gasteiger partial charge on any atom is 0.320 e. The summed E-state index contributed by atoms with van der Waals surface area (Å²) in [7, 11) is 0. The van der Waals surface area contributed by atoms with Crippen LogP contribution in [0.2, 0.25) is 0 Å². The first-order valence-electron chi connectivity index (χ1n) is 6.72. The average Bonchev–Trinajstić information content (AvgIpc) is 3.21. The first kappa shape index (κ1) is 15.6. The molecule has 118 valence electrons. The highest BCUT2D eigenvalue weighted by Crippen LogP contribution is 2.28. The molecule has 2 amide bonds. The Morgan fingerprint density at radius 2 is 1.83 bits per heavy atom. The number of hydrogen-bond donors (Lipinski definition) is 2. The molecule has 0 saturated heterocycles. The average molecular weight is 350 g/mol. The van der Waals surface area contributed by atoms with Crippen LogP contribution in [0.1, 0.15) is 16.5 Å². The molecule has 3 nitrogen and oxygen atoms in total. The Morgan fingerprint density at radius 3 is 2.43 bits per heavy atom. The van der Waals surface area contributed by atoms with Crippen molar-refractivity contribution in [2.75, 3.05) is 5.32 Å². The van der Waals surface area contributed by atoms with Crippen molar-refractivity contribution in [3.63, 3.8) is 0 Å². The number of amides is 2. The van der Waals surface area contributed by atoms with Crippen LogP contribution >= 0.6 is 22.7 Å². The number of halogens is 2. The molecule has 0 saturated carbocycles. The van der Waals surface area contributed by atoms with Crippen molar-refractivity contribution in [3.8, 4) is 0 Å². The van der Waals surface area contributed by atoms with E-state index in [1.165, 1.54) is 28.7 Å². The summed E-state index contributed by atoms with van der Waals surface area (Å²) >= 11 is 3.01. The highest BCUT2D eigenvalue weighted by molar-refractivity contribution is 7.10. The molecule has 2 N–H and O–H groups in total. The third kappa shape index (κ3) is 3.57. The van der Waals surface area contributed by atoms with E-state index in [0.29, 0.717) is 0 Å². The van der Waals surface area contributed by atoms with Crippen molar-refractivity contribution < 1.29 is 13.6 Å². The van der Waals surface area contributed by atoms with Crippen molar-refractivity contribution in [1.82, 2.24) is 5.32 Å². The maximum atomic E-state index is 13.6. The van der Waals surface area contributed by atoms with Crippen molar-refractivity contribution >= 4 is 34.4 Å². The molecule has 7 heteroatoms. The third-order valence-corrected chi connectivity index (χ3v) is 4.82. The van der Waals surface area contributed by atoms with Gasteiger partial charge in [-0.3, -0.25) is 0 Å². The molecule has 0 bridgehead atoms. The minimum Gasteiger partial charge on any atom is -0.326 e. The van der Waals surface area contributed by atoms with Gasteiger partial charge in [0, 0.05) is 4.88 Å². The molecule has 3 rings (SSSR count). The van der Waals surface area contributed by atoms with Crippen LogP contribution in [-0.2, 0) is 0 Å². The third-order valence-electron chi connectivity index (χ3n) is 3.18. The SMILES string of the molecule is O=C(Nc1c(F)cccc1F)NC(c1ccsc1)c1cccs1. The van der Waals surface area contributed by atoms with Crippen LogP contribution in [0.5, 0.6) is 0 Å². The van der Waals surface area contributed by atoms with Crippen LogP contribution in [0.3, 0.4) is 0 Å². The molecule has 0 radical (unpaired) electrons. The van der Waals surface area contributed by atoms with Gasteiger partial charge in [0.1, 0.15) is 17.3 Å². The highest BCUT2D eigenvalue weighted by Gasteiger charge is 2.20. The van der Waals surface area contributed by atoms with E-state index in [2.05, 4.69) is 10.6 Å². The van der Waals surface area contributed by atoms with Gasteiger partial charge in [0.25, 0.3) is 0 Å². The fourth-order valence-electron chi connectivity index (χ4n) is 2.11. The van der Waals surface area contributed by atoms with Crippen LogP contribution < -0.4 is 10.6 Å². The van der Waals surface area contributed by atoms with Crippen molar-refractivity contribution in [2.45, 2.75) is 6.04 Å². The Kier molecular flexibility index (Phi) is 4.68. The normalized spacial score (nSPS) is 11.9. The van der Waals surface area contributed by atoms with E-state index in [1.807, 2.05) is 34.3 Å². The molecule has 2 aromatic heterocycles. The van der Waals surface area contributed by atoms with E-state index in [-0.39, 0.29) is 6.04 Å². The molecule has 1 atom stereocenters. The molecule has 3 aromatic rings. The molecule has 0 spiro atoms. The number of nitrogens with one attached hydrogen (secondary N) is 2. The number of urea groups is 1. The summed E-state index contributed by atoms with van der Waals surface area (Å²) in [5.41, 5.74) is 0.460. The summed E-state index contributed by atoms with van der Waals surface area (Å²) in [5, 5.41) is 10.7. The topological polar surface area (TPSA) is 41.1 Å². The minimum atomic E-state index is -0.816. The summed E-state index contributed by atoms with van der Waals surface area (Å²) in [4.78, 5) is 13.1. The van der Waals surface area contributed by atoms with Crippen LogP contribution in [0.25, 0.3) is 0 Å². The number of para-hydroxylation sites is 1. The van der Waals surface area contributed by atoms with Gasteiger partial charge in [0.2, 0.25) is 0 Å². The van der Waals surface area contributed by atoms with Crippen molar-refractivity contribution in [3.05, 3.63) is 74.6 Å². The summed E-state index contributed by atoms with van der Waals surface area (Å²) in [5.74, 6) is -1.63. The molecule has 2 heterocycles. The first-order valence-corrected chi connectivity index (χ1v) is 8.54. The summed E-state index contributed by atoms with van der Waals surface area (Å²) in [6, 6.07) is 8.08. The maximum absolute atomic E-state index is 13.6. The molecule has 1 aromatic carbocycles. The summed E-state index contributed by atoms with van der Waals surface area (Å²) < 4.78 is 27.2. The highest BCUT2D eigenvalue weighted by atomic mass is 32.1. The van der Waals surface area contributed by atoms with E-state index < -0.39 is 23.4 Å². The second-order valence-electron chi connectivity index (χ2n) is 4.70. The van der Waals surface area contributed by atoms with Gasteiger partial charge in [-0.05, 0) is 46.0 Å². The predicted octanol–water partition coefficient (Wildman–Crippen LogP) is 5.00. The van der Waals surface area contributed by atoms with Crippen LogP contribution in [0.15, 0.2) is 52.5 Å². The van der Waals surface area contributed by atoms with Gasteiger partial charge in [-0.15, -0.1) is 11.3 Å². The number of hydrogen-bond acceptors (Lipinski definition) is 3. The molecule has 0 fully saturated rings. The van der Waals surface area contributed by atoms with E-state index >= 15 is 0 Å². The predicted molar refractivity (Wildman–Crippen MR) is 89.0 cm³/mol. The largest absolute Gasteiger partial charge is 0.326 e. The number of anilines is 1. The lowest BCUT2D eigenvalue weighted by Gasteiger charge is -2.17. The van der Waals surface area contributed by atoms with Gasteiger partial charge in [-0.25, -0.2) is 13.6 Å². The fourth-order valence-corrected chi connectivity index (χ4v) is 3.60. The number of thiophene rings is 2. The van der Waals surface area contributed by atoms with Gasteiger partial charge in [0.05, 0.1) is 6.04 Å². The monoisotopic (exact) mass is 350 g/mol. The molecular weight excluding hydrogens is 338 g/mol. The zero-order chi connectivity index (χ0) is 16.2. The zero-order valence-corrected chi connectivity index (χ0v) is 13.4. The van der Waals surface area contributed by atoms with Gasteiger partial charge < -0.3 is 10.6 Å². The van der Waals surface area contributed by atoms with Crippen LogP contribution in [0.4, 0.5) is 19.3 Å². The Bertz CT molecular complexity index is 734. The Hall–Kier alpha value is -2.25. The number of carbonyl (C=O) groups is 1. The van der Waals surface area contributed by atoms with Crippen molar-refractivity contribution in [1.29, 1.82) is 0 Å². The Balaban J connectivity index is 1.79. The molecule has 0 aliphatic carbocycles. The Labute approximate surface area is 139 Å². The lowest BCUT2D eigenvalue weighted by Crippen LogP contribution is -2.33. The Morgan fingerprint density at radius 1 is 1.04 bits per heavy atom. The zero-order valence-electron chi connectivity index (χ0n) is 11.8. The lowest BCUT2D eigenvalue weighted by molar-refractivity contribution is 0.250. The first-order chi connectivity index (χ1) is 11.1. The fraction of sp³-hybridized carbons (Fsp3) is 0.0625. The summed E-state index contributed by atoms with van der Waals surface area (Å²) in [6.45, 7) is 0. The van der Waals surface area contributed by atoms with Gasteiger partial charge in [-0.1, -0.05) is 12.1 Å². The second kappa shape index (κ2) is 6.89. The van der Waals surface area contributed by atoms with Crippen LogP contribution in [-0.4, -0.2) is 6.03 Å². The minimum absolute atomic E-state index is 0.365. The quantitative estimate of drug-likeness (QED) is 0.683. The number of rotatable bonds is 4. The molecular formula is C16H12F2N2OS2.